The molecule has 0 bridgehead atoms. The normalized spacial score (nSPS) is 15.1. The summed E-state index contributed by atoms with van der Waals surface area (Å²) in [6.45, 7) is 0.357. The molecule has 0 spiro atoms. The Hall–Kier alpha value is -2.84. The number of hydrogen-bond donors (Lipinski definition) is 0. The Morgan fingerprint density at radius 1 is 1.10 bits per heavy atom. The molecular formula is C26H22ClN2O7S3-. The Bertz CT molecular complexity index is 1670. The van der Waals surface area contributed by atoms with Crippen molar-refractivity contribution in [3.63, 3.8) is 0 Å². The lowest BCUT2D eigenvalue weighted by atomic mass is 10.0. The van der Waals surface area contributed by atoms with Crippen LogP contribution in [0.2, 0.25) is 5.02 Å². The lowest BCUT2D eigenvalue weighted by molar-refractivity contribution is -0.668. The molecule has 0 saturated heterocycles. The number of thiazole rings is 1. The second-order valence-corrected chi connectivity index (χ2v) is 12.3. The van der Waals surface area contributed by atoms with Gasteiger partial charge in [-0.05, 0) is 35.4 Å². The van der Waals surface area contributed by atoms with Gasteiger partial charge in [0.05, 0.1) is 46.4 Å². The molecule has 204 valence electrons. The number of halogens is 1. The minimum Gasteiger partial charge on any atom is -0.750 e. The van der Waals surface area contributed by atoms with E-state index < -0.39 is 27.2 Å². The first kappa shape index (κ1) is 27.7. The van der Waals surface area contributed by atoms with E-state index in [2.05, 4.69) is 0 Å². The van der Waals surface area contributed by atoms with E-state index in [-0.39, 0.29) is 26.1 Å². The number of hydrogen-bond acceptors (Lipinski definition) is 9. The largest absolute Gasteiger partial charge is 0.750 e. The molecule has 0 saturated carbocycles. The number of benzene rings is 3. The van der Waals surface area contributed by atoms with E-state index in [9.17, 15) is 21.7 Å². The first-order valence-electron chi connectivity index (χ1n) is 11.8. The van der Waals surface area contributed by atoms with Crippen LogP contribution in [0, 0.1) is 0 Å². The Labute approximate surface area is 237 Å². The highest BCUT2D eigenvalue weighted by Crippen LogP contribution is 2.42. The van der Waals surface area contributed by atoms with Crippen LogP contribution in [0.15, 0.2) is 72.6 Å². The summed E-state index contributed by atoms with van der Waals surface area (Å²) in [6.07, 6.45) is 1.93. The van der Waals surface area contributed by atoms with Crippen molar-refractivity contribution >= 4 is 66.4 Å². The van der Waals surface area contributed by atoms with Crippen LogP contribution in [-0.4, -0.2) is 40.6 Å². The number of ether oxygens (including phenoxy) is 1. The SMILES string of the molecule is O=S([O-])OCCN1C(=Cc2sc3ccc(Cl)cc3[n+]2CCCS(=O)(=O)[O-])Oc2ccc(-c3ccccc3)cc21. The Morgan fingerprint density at radius 3 is 2.64 bits per heavy atom. The first-order valence-corrected chi connectivity index (χ1v) is 15.6. The number of aromatic nitrogens is 1. The summed E-state index contributed by atoms with van der Waals surface area (Å²) in [7, 11) is -4.36. The maximum absolute atomic E-state index is 11.2. The standard InChI is InChI=1S/C26H23ClN2O7S3/c27-20-8-10-24-22(16-20)29(11-4-14-39(32,33)34)26(37-24)17-25-28(12-13-35-38(30)31)21-15-19(7-9-23(21)36-25)18-5-2-1-3-6-18/h1-3,5-10,15-17H,4,11-14H2,(H-,30,31,32,33,34)/p-1. The van der Waals surface area contributed by atoms with Crippen molar-refractivity contribution < 1.29 is 35.2 Å². The lowest BCUT2D eigenvalue weighted by Gasteiger charge is -2.18. The molecule has 39 heavy (non-hydrogen) atoms. The molecule has 1 unspecified atom stereocenters. The number of aryl methyl sites for hydroxylation is 1. The van der Waals surface area contributed by atoms with Crippen LogP contribution in [0.4, 0.5) is 5.69 Å². The van der Waals surface area contributed by atoms with Gasteiger partial charge in [-0.25, -0.2) is 12.6 Å². The van der Waals surface area contributed by atoms with Gasteiger partial charge in [-0.1, -0.05) is 59.3 Å². The van der Waals surface area contributed by atoms with Crippen molar-refractivity contribution in [1.29, 1.82) is 0 Å². The molecule has 1 atom stereocenters. The fourth-order valence-electron chi connectivity index (χ4n) is 4.36. The Morgan fingerprint density at radius 2 is 1.90 bits per heavy atom. The minimum atomic E-state index is -4.36. The molecule has 0 N–H and O–H groups in total. The number of nitrogens with zero attached hydrogens (tertiary/aromatic N) is 2. The Kier molecular flexibility index (Phi) is 8.33. The summed E-state index contributed by atoms with van der Waals surface area (Å²) >= 11 is 5.03. The van der Waals surface area contributed by atoms with Crippen molar-refractivity contribution in [1.82, 2.24) is 0 Å². The summed E-state index contributed by atoms with van der Waals surface area (Å²) in [6, 6.07) is 21.0. The van der Waals surface area contributed by atoms with E-state index in [1.54, 1.807) is 18.2 Å². The maximum atomic E-state index is 11.2. The average Bonchev–Trinajstić information content (AvgIpc) is 3.40. The van der Waals surface area contributed by atoms with E-state index >= 15 is 0 Å². The van der Waals surface area contributed by atoms with Crippen molar-refractivity contribution in [3.05, 3.63) is 82.6 Å². The van der Waals surface area contributed by atoms with Gasteiger partial charge < -0.3 is 18.7 Å². The van der Waals surface area contributed by atoms with Gasteiger partial charge in [0.25, 0.3) is 5.01 Å². The first-order chi connectivity index (χ1) is 18.7. The van der Waals surface area contributed by atoms with Crippen LogP contribution in [0.1, 0.15) is 11.4 Å². The van der Waals surface area contributed by atoms with Crippen LogP contribution in [-0.2, 0) is 32.2 Å². The summed E-state index contributed by atoms with van der Waals surface area (Å²) < 4.78 is 69.5. The average molecular weight is 606 g/mol. The minimum absolute atomic E-state index is 0.102. The van der Waals surface area contributed by atoms with Gasteiger partial charge in [0.1, 0.15) is 4.70 Å². The van der Waals surface area contributed by atoms with Gasteiger partial charge in [-0.3, -0.25) is 4.18 Å². The third-order valence-electron chi connectivity index (χ3n) is 6.05. The fourth-order valence-corrected chi connectivity index (χ4v) is 6.32. The molecule has 1 aliphatic heterocycles. The molecule has 1 aromatic heterocycles. The van der Waals surface area contributed by atoms with Crippen LogP contribution in [0.5, 0.6) is 5.75 Å². The topological polar surface area (TPSA) is 123 Å². The molecule has 2 heterocycles. The third kappa shape index (κ3) is 6.67. The van der Waals surface area contributed by atoms with Crippen molar-refractivity contribution in [3.8, 4) is 16.9 Å². The quantitative estimate of drug-likeness (QED) is 0.148. The molecule has 9 nitrogen and oxygen atoms in total. The van der Waals surface area contributed by atoms with Crippen LogP contribution < -0.4 is 14.2 Å². The van der Waals surface area contributed by atoms with Crippen LogP contribution in [0.25, 0.3) is 27.4 Å². The molecule has 0 amide bonds. The van der Waals surface area contributed by atoms with E-state index in [0.29, 0.717) is 16.7 Å². The van der Waals surface area contributed by atoms with Gasteiger partial charge in [0.15, 0.2) is 12.3 Å². The number of anilines is 1. The Balaban J connectivity index is 1.54. The molecule has 4 aromatic rings. The van der Waals surface area contributed by atoms with Crippen molar-refractivity contribution in [2.24, 2.45) is 0 Å². The van der Waals surface area contributed by atoms with Crippen molar-refractivity contribution in [2.45, 2.75) is 13.0 Å². The monoisotopic (exact) mass is 605 g/mol. The molecule has 1 aliphatic rings. The van der Waals surface area contributed by atoms with E-state index in [4.69, 9.17) is 20.5 Å². The highest BCUT2D eigenvalue weighted by molar-refractivity contribution is 7.85. The van der Waals surface area contributed by atoms with Gasteiger partial charge in [-0.2, -0.15) is 4.57 Å². The molecule has 0 fully saturated rings. The van der Waals surface area contributed by atoms with Gasteiger partial charge >= 0.3 is 0 Å². The van der Waals surface area contributed by atoms with E-state index in [0.717, 1.165) is 32.0 Å². The maximum Gasteiger partial charge on any atom is 0.268 e. The molecule has 5 rings (SSSR count). The molecule has 13 heteroatoms. The van der Waals surface area contributed by atoms with Gasteiger partial charge in [0.2, 0.25) is 11.4 Å². The predicted molar refractivity (Wildman–Crippen MR) is 149 cm³/mol. The molecule has 0 radical (unpaired) electrons. The summed E-state index contributed by atoms with van der Waals surface area (Å²) in [4.78, 5) is 1.83. The molecule has 0 aliphatic carbocycles. The summed E-state index contributed by atoms with van der Waals surface area (Å²) in [5, 5.41) is 1.26. The second-order valence-electron chi connectivity index (χ2n) is 8.63. The molecule has 3 aromatic carbocycles. The van der Waals surface area contributed by atoms with E-state index in [1.165, 1.54) is 11.3 Å². The zero-order chi connectivity index (χ0) is 27.6. The fraction of sp³-hybridized carbons (Fsp3) is 0.192. The summed E-state index contributed by atoms with van der Waals surface area (Å²) in [5.74, 6) is 0.546. The number of fused-ring (bicyclic) bond motifs is 2. The van der Waals surface area contributed by atoms with Crippen LogP contribution >= 0.6 is 22.9 Å². The third-order valence-corrected chi connectivity index (χ3v) is 8.54. The zero-order valence-corrected chi connectivity index (χ0v) is 23.5. The highest BCUT2D eigenvalue weighted by Gasteiger charge is 2.29. The summed E-state index contributed by atoms with van der Waals surface area (Å²) in [5.41, 5.74) is 3.52. The predicted octanol–water partition coefficient (Wildman–Crippen LogP) is 4.45. The molecular weight excluding hydrogens is 584 g/mol. The highest BCUT2D eigenvalue weighted by atomic mass is 35.5. The number of rotatable bonds is 10. The smallest absolute Gasteiger partial charge is 0.268 e. The van der Waals surface area contributed by atoms with Gasteiger partial charge in [-0.15, -0.1) is 0 Å². The van der Waals surface area contributed by atoms with E-state index in [1.807, 2.05) is 64.1 Å². The zero-order valence-electron chi connectivity index (χ0n) is 20.3. The van der Waals surface area contributed by atoms with Crippen LogP contribution in [0.3, 0.4) is 0 Å². The van der Waals surface area contributed by atoms with Gasteiger partial charge in [0, 0.05) is 23.3 Å². The lowest BCUT2D eigenvalue weighted by Crippen LogP contribution is -2.36. The second kappa shape index (κ2) is 11.7. The van der Waals surface area contributed by atoms with Crippen molar-refractivity contribution in [2.75, 3.05) is 23.8 Å².